The van der Waals surface area contributed by atoms with E-state index >= 15 is 0 Å². The molecule has 0 saturated heterocycles. The minimum atomic E-state index is 0. The van der Waals surface area contributed by atoms with Gasteiger partial charge in [-0.25, -0.2) is 0 Å². The van der Waals surface area contributed by atoms with E-state index in [1.807, 2.05) is 11.7 Å². The molecule has 1 unspecified atom stereocenters. The zero-order valence-electron chi connectivity index (χ0n) is 19.8. The van der Waals surface area contributed by atoms with Crippen LogP contribution in [-0.4, -0.2) is 61.0 Å². The highest BCUT2D eigenvalue weighted by molar-refractivity contribution is 14.0. The molecular weight excluding hydrogens is 503 g/mol. The maximum atomic E-state index is 5.18. The molecule has 2 rings (SSSR count). The largest absolute Gasteiger partial charge is 0.383 e. The summed E-state index contributed by atoms with van der Waals surface area (Å²) in [5.74, 6) is 0.798. The van der Waals surface area contributed by atoms with Gasteiger partial charge < -0.3 is 15.4 Å². The van der Waals surface area contributed by atoms with Crippen LogP contribution >= 0.6 is 24.0 Å². The van der Waals surface area contributed by atoms with Crippen molar-refractivity contribution in [2.24, 2.45) is 4.99 Å². The van der Waals surface area contributed by atoms with Crippen molar-refractivity contribution >= 4 is 29.9 Å². The fourth-order valence-corrected chi connectivity index (χ4v) is 3.77. The summed E-state index contributed by atoms with van der Waals surface area (Å²) >= 11 is 0. The number of hydrogen-bond acceptors (Lipinski definition) is 4. The minimum absolute atomic E-state index is 0. The van der Waals surface area contributed by atoms with Gasteiger partial charge in [0, 0.05) is 38.5 Å². The highest BCUT2D eigenvalue weighted by atomic mass is 127. The van der Waals surface area contributed by atoms with E-state index in [1.165, 1.54) is 11.1 Å². The van der Waals surface area contributed by atoms with E-state index in [2.05, 4.69) is 83.7 Å². The van der Waals surface area contributed by atoms with Crippen molar-refractivity contribution in [3.63, 3.8) is 0 Å². The van der Waals surface area contributed by atoms with E-state index < -0.39 is 0 Å². The highest BCUT2D eigenvalue weighted by Crippen LogP contribution is 2.19. The number of ether oxygens (including phenoxy) is 1. The SMILES string of the molecule is CCN(CC)C(CNC(=NC)NCc1c(C)nn(CCOC)c1C)c1ccccc1.I. The Kier molecular flexibility index (Phi) is 12.7. The number of aryl methyl sites for hydroxylation is 1. The third-order valence-corrected chi connectivity index (χ3v) is 5.60. The number of aliphatic imine (C=N–C) groups is 1. The maximum Gasteiger partial charge on any atom is 0.191 e. The van der Waals surface area contributed by atoms with Crippen molar-refractivity contribution in [1.82, 2.24) is 25.3 Å². The van der Waals surface area contributed by atoms with Crippen molar-refractivity contribution < 1.29 is 4.74 Å². The van der Waals surface area contributed by atoms with Crippen molar-refractivity contribution in [2.75, 3.05) is 40.4 Å². The average molecular weight is 543 g/mol. The smallest absolute Gasteiger partial charge is 0.191 e. The van der Waals surface area contributed by atoms with Gasteiger partial charge in [-0.3, -0.25) is 14.6 Å². The Morgan fingerprint density at radius 2 is 1.84 bits per heavy atom. The van der Waals surface area contributed by atoms with E-state index in [4.69, 9.17) is 4.74 Å². The lowest BCUT2D eigenvalue weighted by molar-refractivity contribution is 0.182. The fraction of sp³-hybridized carbons (Fsp3) is 0.565. The number of rotatable bonds is 11. The standard InChI is InChI=1S/C23H38N6O.HI/c1-7-28(8-2)22(20-12-10-9-11-13-20)17-26-23(24-5)25-16-21-18(3)27-29(19(21)4)14-15-30-6;/h9-13,22H,7-8,14-17H2,1-6H3,(H2,24,25,26);1H. The van der Waals surface area contributed by atoms with Crippen molar-refractivity contribution in [2.45, 2.75) is 46.8 Å². The second-order valence-electron chi connectivity index (χ2n) is 7.32. The Morgan fingerprint density at radius 3 is 2.42 bits per heavy atom. The normalized spacial score (nSPS) is 12.5. The van der Waals surface area contributed by atoms with Gasteiger partial charge in [0.1, 0.15) is 0 Å². The summed E-state index contributed by atoms with van der Waals surface area (Å²) < 4.78 is 7.20. The monoisotopic (exact) mass is 542 g/mol. The summed E-state index contributed by atoms with van der Waals surface area (Å²) in [4.78, 5) is 6.89. The predicted molar refractivity (Wildman–Crippen MR) is 139 cm³/mol. The molecule has 0 radical (unpaired) electrons. The Balaban J connectivity index is 0.00000480. The van der Waals surface area contributed by atoms with Gasteiger partial charge in [-0.15, -0.1) is 24.0 Å². The molecule has 1 atom stereocenters. The number of benzene rings is 1. The quantitative estimate of drug-likeness (QED) is 0.259. The molecule has 0 aliphatic heterocycles. The van der Waals surface area contributed by atoms with Crippen LogP contribution in [0.15, 0.2) is 35.3 Å². The lowest BCUT2D eigenvalue weighted by atomic mass is 10.1. The summed E-state index contributed by atoms with van der Waals surface area (Å²) in [7, 11) is 3.52. The number of halogens is 1. The van der Waals surface area contributed by atoms with Gasteiger partial charge in [-0.2, -0.15) is 5.10 Å². The average Bonchev–Trinajstić information content (AvgIpc) is 3.04. The molecule has 0 fully saturated rings. The van der Waals surface area contributed by atoms with Crippen molar-refractivity contribution in [1.29, 1.82) is 0 Å². The van der Waals surface area contributed by atoms with E-state index in [-0.39, 0.29) is 24.0 Å². The van der Waals surface area contributed by atoms with Crippen LogP contribution in [-0.2, 0) is 17.8 Å². The summed E-state index contributed by atoms with van der Waals surface area (Å²) in [5.41, 5.74) is 4.72. The first-order valence-corrected chi connectivity index (χ1v) is 10.8. The van der Waals surface area contributed by atoms with Crippen LogP contribution in [0.3, 0.4) is 0 Å². The van der Waals surface area contributed by atoms with Crippen LogP contribution < -0.4 is 10.6 Å². The minimum Gasteiger partial charge on any atom is -0.383 e. The van der Waals surface area contributed by atoms with Crippen LogP contribution in [0.2, 0.25) is 0 Å². The van der Waals surface area contributed by atoms with Gasteiger partial charge in [0.15, 0.2) is 5.96 Å². The van der Waals surface area contributed by atoms with Gasteiger partial charge in [-0.05, 0) is 32.5 Å². The maximum absolute atomic E-state index is 5.18. The lowest BCUT2D eigenvalue weighted by Gasteiger charge is -2.30. The number of nitrogens with zero attached hydrogens (tertiary/aromatic N) is 4. The first-order chi connectivity index (χ1) is 14.5. The third kappa shape index (κ3) is 7.76. The Labute approximate surface area is 204 Å². The van der Waals surface area contributed by atoms with Crippen LogP contribution in [0.25, 0.3) is 0 Å². The van der Waals surface area contributed by atoms with E-state index in [1.54, 1.807) is 7.11 Å². The number of methoxy groups -OCH3 is 1. The molecule has 0 bridgehead atoms. The molecule has 0 spiro atoms. The topological polar surface area (TPSA) is 66.7 Å². The van der Waals surface area contributed by atoms with Gasteiger partial charge in [0.05, 0.1) is 24.9 Å². The number of guanidine groups is 1. The molecule has 1 aromatic heterocycles. The summed E-state index contributed by atoms with van der Waals surface area (Å²) in [6, 6.07) is 11.0. The molecule has 2 aromatic rings. The van der Waals surface area contributed by atoms with Crippen LogP contribution in [0, 0.1) is 13.8 Å². The highest BCUT2D eigenvalue weighted by Gasteiger charge is 2.18. The zero-order chi connectivity index (χ0) is 21.9. The van der Waals surface area contributed by atoms with E-state index in [9.17, 15) is 0 Å². The summed E-state index contributed by atoms with van der Waals surface area (Å²) in [6.07, 6.45) is 0. The third-order valence-electron chi connectivity index (χ3n) is 5.60. The van der Waals surface area contributed by atoms with Gasteiger partial charge in [0.25, 0.3) is 0 Å². The number of likely N-dealkylation sites (N-methyl/N-ethyl adjacent to an activating group) is 1. The predicted octanol–water partition coefficient (Wildman–Crippen LogP) is 3.51. The van der Waals surface area contributed by atoms with Crippen molar-refractivity contribution in [3.8, 4) is 0 Å². The van der Waals surface area contributed by atoms with Crippen LogP contribution in [0.5, 0.6) is 0 Å². The molecule has 0 amide bonds. The molecule has 8 heteroatoms. The number of aromatic nitrogens is 2. The fourth-order valence-electron chi connectivity index (χ4n) is 3.77. The number of hydrogen-bond donors (Lipinski definition) is 2. The Hall–Kier alpha value is -1.65. The van der Waals surface area contributed by atoms with Crippen molar-refractivity contribution in [3.05, 3.63) is 52.8 Å². The number of nitrogens with one attached hydrogen (secondary N) is 2. The molecule has 1 heterocycles. The molecule has 31 heavy (non-hydrogen) atoms. The first-order valence-electron chi connectivity index (χ1n) is 10.8. The second kappa shape index (κ2) is 14.4. The Morgan fingerprint density at radius 1 is 1.16 bits per heavy atom. The zero-order valence-corrected chi connectivity index (χ0v) is 22.1. The van der Waals surface area contributed by atoms with Gasteiger partial charge >= 0.3 is 0 Å². The second-order valence-corrected chi connectivity index (χ2v) is 7.32. The summed E-state index contributed by atoms with van der Waals surface area (Å²) in [6.45, 7) is 13.5. The van der Waals surface area contributed by atoms with Crippen LogP contribution in [0.1, 0.15) is 42.4 Å². The van der Waals surface area contributed by atoms with Crippen LogP contribution in [0.4, 0.5) is 0 Å². The molecule has 2 N–H and O–H groups in total. The Bertz CT molecular complexity index is 789. The van der Waals surface area contributed by atoms with Gasteiger partial charge in [0.2, 0.25) is 0 Å². The molecule has 174 valence electrons. The molecule has 0 saturated carbocycles. The van der Waals surface area contributed by atoms with Gasteiger partial charge in [-0.1, -0.05) is 44.2 Å². The molecule has 0 aliphatic rings. The lowest BCUT2D eigenvalue weighted by Crippen LogP contribution is -2.43. The molecular formula is C23H39IN6O. The molecule has 1 aromatic carbocycles. The summed E-state index contributed by atoms with van der Waals surface area (Å²) in [5, 5.41) is 11.6. The van der Waals surface area contributed by atoms with E-state index in [0.29, 0.717) is 19.2 Å². The first kappa shape index (κ1) is 27.4. The van der Waals surface area contributed by atoms with E-state index in [0.717, 1.165) is 43.5 Å². The molecule has 0 aliphatic carbocycles. The molecule has 7 nitrogen and oxygen atoms in total.